The number of amides is 2. The first-order valence-electron chi connectivity index (χ1n) is 14.0. The van der Waals surface area contributed by atoms with Crippen LogP contribution >= 0.6 is 0 Å². The highest BCUT2D eigenvalue weighted by Crippen LogP contribution is 2.44. The van der Waals surface area contributed by atoms with Crippen LogP contribution in [0.4, 0.5) is 9.59 Å². The van der Waals surface area contributed by atoms with Gasteiger partial charge in [-0.15, -0.1) is 0 Å². The molecular weight excluding hydrogens is 510 g/mol. The van der Waals surface area contributed by atoms with E-state index < -0.39 is 29.8 Å². The molecule has 0 radical (unpaired) electrons. The summed E-state index contributed by atoms with van der Waals surface area (Å²) in [5.74, 6) is -0.931. The van der Waals surface area contributed by atoms with Gasteiger partial charge in [0.1, 0.15) is 18.2 Å². The number of carboxylic acid groups (broad SMARTS) is 1. The number of benzene rings is 2. The molecule has 0 saturated carbocycles. The van der Waals surface area contributed by atoms with Gasteiger partial charge < -0.3 is 30.5 Å². The van der Waals surface area contributed by atoms with E-state index in [4.69, 9.17) is 9.47 Å². The van der Waals surface area contributed by atoms with Gasteiger partial charge in [0.2, 0.25) is 0 Å². The molecule has 218 valence electrons. The smallest absolute Gasteiger partial charge is 0.407 e. The van der Waals surface area contributed by atoms with E-state index in [1.807, 2.05) is 38.1 Å². The first-order chi connectivity index (χ1) is 19.0. The first kappa shape index (κ1) is 30.9. The summed E-state index contributed by atoms with van der Waals surface area (Å²) in [5.41, 5.74) is 4.05. The van der Waals surface area contributed by atoms with Crippen molar-refractivity contribution in [3.8, 4) is 11.1 Å². The van der Waals surface area contributed by atoms with E-state index >= 15 is 0 Å². The maximum Gasteiger partial charge on any atom is 0.407 e. The zero-order valence-electron chi connectivity index (χ0n) is 24.2. The summed E-state index contributed by atoms with van der Waals surface area (Å²) in [6, 6.07) is 15.2. The lowest BCUT2D eigenvalue weighted by atomic mass is 9.98. The lowest BCUT2D eigenvalue weighted by Crippen LogP contribution is -2.49. The molecule has 2 aromatic carbocycles. The highest BCUT2D eigenvalue weighted by Gasteiger charge is 2.29. The summed E-state index contributed by atoms with van der Waals surface area (Å²) < 4.78 is 10.9. The average Bonchev–Trinajstić information content (AvgIpc) is 3.20. The Hall–Kier alpha value is -3.59. The van der Waals surface area contributed by atoms with Crippen LogP contribution in [-0.4, -0.2) is 60.6 Å². The average molecular weight is 554 g/mol. The molecule has 0 fully saturated rings. The second-order valence-electron chi connectivity index (χ2n) is 11.5. The van der Waals surface area contributed by atoms with Gasteiger partial charge in [0.05, 0.1) is 0 Å². The number of fused-ring (bicyclic) bond motifs is 3. The van der Waals surface area contributed by atoms with E-state index in [2.05, 4.69) is 40.2 Å². The number of hydrogen-bond donors (Lipinski definition) is 4. The van der Waals surface area contributed by atoms with Crippen molar-refractivity contribution in [1.29, 1.82) is 0 Å². The molecule has 1 aliphatic carbocycles. The van der Waals surface area contributed by atoms with Crippen molar-refractivity contribution < 1.29 is 29.0 Å². The number of rotatable bonds is 13. The third kappa shape index (κ3) is 8.98. The highest BCUT2D eigenvalue weighted by atomic mass is 16.6. The van der Waals surface area contributed by atoms with Crippen molar-refractivity contribution in [3.05, 3.63) is 59.7 Å². The quantitative estimate of drug-likeness (QED) is 0.248. The minimum absolute atomic E-state index is 0.0324. The van der Waals surface area contributed by atoms with E-state index in [0.29, 0.717) is 25.8 Å². The number of unbranched alkanes of at least 4 members (excludes halogenated alkanes) is 1. The SMILES string of the molecule is CC(C)[C@H](CN[C@@H](CCCCNC(=O)OC(C)(C)C)C(=O)O)NC(=O)OCC1c2ccccc2-c2ccccc21. The van der Waals surface area contributed by atoms with E-state index in [1.54, 1.807) is 20.8 Å². The predicted molar refractivity (Wildman–Crippen MR) is 154 cm³/mol. The molecule has 0 heterocycles. The molecule has 2 atom stereocenters. The van der Waals surface area contributed by atoms with E-state index in [9.17, 15) is 19.5 Å². The standard InChI is InChI=1S/C31H43N3O6/c1-20(2)27(18-33-26(28(35)36)16-10-11-17-32-29(37)40-31(3,4)5)34-30(38)39-19-25-23-14-8-6-12-21(23)22-13-7-9-15-24(22)25/h6-9,12-15,20,25-27,33H,10-11,16-19H2,1-5H3,(H,32,37)(H,34,38)(H,35,36)/t26-,27-/m0/s1. The molecule has 0 aromatic heterocycles. The molecule has 2 aromatic rings. The second-order valence-corrected chi connectivity index (χ2v) is 11.5. The Kier molecular flexibility index (Phi) is 11.0. The van der Waals surface area contributed by atoms with E-state index in [-0.39, 0.29) is 31.0 Å². The molecule has 2 amide bonds. The van der Waals surface area contributed by atoms with Gasteiger partial charge in [-0.2, -0.15) is 0 Å². The van der Waals surface area contributed by atoms with Gasteiger partial charge in [0.15, 0.2) is 0 Å². The lowest BCUT2D eigenvalue weighted by Gasteiger charge is -2.25. The maximum atomic E-state index is 12.8. The van der Waals surface area contributed by atoms with Gasteiger partial charge >= 0.3 is 18.2 Å². The van der Waals surface area contributed by atoms with Crippen molar-refractivity contribution in [2.45, 2.75) is 77.5 Å². The number of alkyl carbamates (subject to hydrolysis) is 2. The third-order valence-corrected chi connectivity index (χ3v) is 6.92. The topological polar surface area (TPSA) is 126 Å². The number of nitrogens with one attached hydrogen (secondary N) is 3. The maximum absolute atomic E-state index is 12.8. The lowest BCUT2D eigenvalue weighted by molar-refractivity contribution is -0.139. The molecule has 0 bridgehead atoms. The fourth-order valence-corrected chi connectivity index (χ4v) is 4.81. The van der Waals surface area contributed by atoms with Gasteiger partial charge in [-0.05, 0) is 68.2 Å². The zero-order valence-corrected chi connectivity index (χ0v) is 24.2. The zero-order chi connectivity index (χ0) is 29.3. The molecule has 0 saturated heterocycles. The number of hydrogen-bond acceptors (Lipinski definition) is 6. The molecule has 0 aliphatic heterocycles. The fraction of sp³-hybridized carbons (Fsp3) is 0.516. The van der Waals surface area contributed by atoms with Crippen LogP contribution in [0.2, 0.25) is 0 Å². The van der Waals surface area contributed by atoms with Crippen molar-refractivity contribution in [3.63, 3.8) is 0 Å². The van der Waals surface area contributed by atoms with Crippen LogP contribution in [-0.2, 0) is 14.3 Å². The Balaban J connectivity index is 1.45. The third-order valence-electron chi connectivity index (χ3n) is 6.92. The Morgan fingerprint density at radius 3 is 2.08 bits per heavy atom. The predicted octanol–water partition coefficient (Wildman–Crippen LogP) is 5.29. The summed E-state index contributed by atoms with van der Waals surface area (Å²) in [5, 5.41) is 18.4. The van der Waals surface area contributed by atoms with Gasteiger partial charge in [-0.25, -0.2) is 9.59 Å². The highest BCUT2D eigenvalue weighted by molar-refractivity contribution is 5.79. The Morgan fingerprint density at radius 1 is 0.925 bits per heavy atom. The molecule has 9 nitrogen and oxygen atoms in total. The second kappa shape index (κ2) is 14.2. The Morgan fingerprint density at radius 2 is 1.52 bits per heavy atom. The molecule has 0 spiro atoms. The van der Waals surface area contributed by atoms with Gasteiger partial charge in [0, 0.05) is 25.0 Å². The number of carbonyl (C=O) groups excluding carboxylic acids is 2. The van der Waals surface area contributed by atoms with Crippen LogP contribution in [0.1, 0.15) is 70.9 Å². The Labute approximate surface area is 237 Å². The van der Waals surface area contributed by atoms with Gasteiger partial charge in [-0.3, -0.25) is 4.79 Å². The van der Waals surface area contributed by atoms with Crippen molar-refractivity contribution in [2.24, 2.45) is 5.92 Å². The molecule has 3 rings (SSSR count). The summed E-state index contributed by atoms with van der Waals surface area (Å²) in [7, 11) is 0. The van der Waals surface area contributed by atoms with Gasteiger partial charge in [-0.1, -0.05) is 62.4 Å². The summed E-state index contributed by atoms with van der Waals surface area (Å²) in [4.78, 5) is 36.3. The molecule has 9 heteroatoms. The first-order valence-corrected chi connectivity index (χ1v) is 14.0. The molecule has 4 N–H and O–H groups in total. The fourth-order valence-electron chi connectivity index (χ4n) is 4.81. The summed E-state index contributed by atoms with van der Waals surface area (Å²) in [6.07, 6.45) is 0.602. The van der Waals surface area contributed by atoms with Crippen molar-refractivity contribution >= 4 is 18.2 Å². The van der Waals surface area contributed by atoms with Crippen LogP contribution in [0.15, 0.2) is 48.5 Å². The minimum Gasteiger partial charge on any atom is -0.480 e. The van der Waals surface area contributed by atoms with Crippen LogP contribution in [0, 0.1) is 5.92 Å². The number of ether oxygens (including phenoxy) is 2. The van der Waals surface area contributed by atoms with Crippen LogP contribution < -0.4 is 16.0 Å². The normalized spacial score (nSPS) is 14.2. The molecular formula is C31H43N3O6. The van der Waals surface area contributed by atoms with Crippen molar-refractivity contribution in [2.75, 3.05) is 19.7 Å². The largest absolute Gasteiger partial charge is 0.480 e. The number of carboxylic acids is 1. The number of carbonyl (C=O) groups is 3. The monoisotopic (exact) mass is 553 g/mol. The van der Waals surface area contributed by atoms with Crippen LogP contribution in [0.25, 0.3) is 11.1 Å². The minimum atomic E-state index is -0.955. The number of aliphatic carboxylic acids is 1. The van der Waals surface area contributed by atoms with Crippen LogP contribution in [0.5, 0.6) is 0 Å². The summed E-state index contributed by atoms with van der Waals surface area (Å²) >= 11 is 0. The molecule has 1 aliphatic rings. The van der Waals surface area contributed by atoms with E-state index in [0.717, 1.165) is 22.3 Å². The van der Waals surface area contributed by atoms with Crippen molar-refractivity contribution in [1.82, 2.24) is 16.0 Å². The molecule has 40 heavy (non-hydrogen) atoms. The summed E-state index contributed by atoms with van der Waals surface area (Å²) in [6.45, 7) is 10.2. The van der Waals surface area contributed by atoms with E-state index in [1.165, 1.54) is 0 Å². The van der Waals surface area contributed by atoms with Crippen LogP contribution in [0.3, 0.4) is 0 Å². The Bertz CT molecular complexity index is 1110. The van der Waals surface area contributed by atoms with Gasteiger partial charge in [0.25, 0.3) is 0 Å². The molecule has 0 unspecified atom stereocenters.